The summed E-state index contributed by atoms with van der Waals surface area (Å²) in [7, 11) is -2.64. The van der Waals surface area contributed by atoms with Crippen LogP contribution in [-0.4, -0.2) is 55.1 Å². The van der Waals surface area contributed by atoms with Crippen molar-refractivity contribution in [2.24, 2.45) is 0 Å². The Morgan fingerprint density at radius 3 is 2.44 bits per heavy atom. The molecule has 0 unspecified atom stereocenters. The minimum atomic E-state index is -4.19. The van der Waals surface area contributed by atoms with Gasteiger partial charge in [0.1, 0.15) is 11.9 Å². The van der Waals surface area contributed by atoms with Crippen LogP contribution in [0.3, 0.4) is 0 Å². The summed E-state index contributed by atoms with van der Waals surface area (Å²) in [4.78, 5) is 14.6. The van der Waals surface area contributed by atoms with Gasteiger partial charge in [-0.15, -0.1) is 0 Å². The molecule has 0 aromatic heterocycles. The monoisotopic (exact) mass is 514 g/mol. The molecule has 184 valence electrons. The number of carbonyl (C=O) groups is 1. The van der Waals surface area contributed by atoms with Crippen molar-refractivity contribution < 1.29 is 26.4 Å². The molecule has 1 heterocycles. The molecule has 4 rings (SSSR count). The van der Waals surface area contributed by atoms with Crippen LogP contribution in [0.15, 0.2) is 47.4 Å². The first-order valence-corrected chi connectivity index (χ1v) is 13.0. The van der Waals surface area contributed by atoms with Gasteiger partial charge in [0.05, 0.1) is 4.90 Å². The van der Waals surface area contributed by atoms with Crippen LogP contribution in [0.2, 0.25) is 5.02 Å². The Morgan fingerprint density at radius 2 is 1.76 bits per heavy atom. The Labute approximate surface area is 202 Å². The van der Waals surface area contributed by atoms with Crippen LogP contribution < -0.4 is 0 Å². The lowest BCUT2D eigenvalue weighted by molar-refractivity contribution is -0.138. The smallest absolute Gasteiger partial charge is 0.248 e. The van der Waals surface area contributed by atoms with E-state index >= 15 is 0 Å². The largest absolute Gasteiger partial charge is 0.341 e. The number of sulfonamides is 1. The molecule has 0 radical (unpaired) electrons. The number of halogens is 4. The lowest BCUT2D eigenvalue weighted by Gasteiger charge is -2.37. The summed E-state index contributed by atoms with van der Waals surface area (Å²) >= 11 is 6.11. The number of hydrogen-bond acceptors (Lipinski definition) is 3. The van der Waals surface area contributed by atoms with E-state index in [9.17, 15) is 26.4 Å². The molecule has 2 aliphatic rings. The zero-order chi connectivity index (χ0) is 24.7. The molecule has 1 aliphatic heterocycles. The minimum absolute atomic E-state index is 0.0888. The fourth-order valence-corrected chi connectivity index (χ4v) is 6.86. The second-order valence-electron chi connectivity index (χ2n) is 8.93. The van der Waals surface area contributed by atoms with E-state index in [1.807, 2.05) is 0 Å². The molecule has 10 heteroatoms. The van der Waals surface area contributed by atoms with Gasteiger partial charge in [-0.25, -0.2) is 21.6 Å². The van der Waals surface area contributed by atoms with E-state index < -0.39 is 33.7 Å². The normalized spacial score (nSPS) is 21.5. The van der Waals surface area contributed by atoms with Crippen LogP contribution >= 0.6 is 11.6 Å². The maximum Gasteiger partial charge on any atom is 0.248 e. The molecule has 0 bridgehead atoms. The summed E-state index contributed by atoms with van der Waals surface area (Å²) in [5, 5.41) is 0.250. The van der Waals surface area contributed by atoms with Crippen LogP contribution in [0.25, 0.3) is 11.1 Å². The molecule has 1 saturated heterocycles. The third-order valence-electron chi connectivity index (χ3n) is 6.76. The van der Waals surface area contributed by atoms with Crippen molar-refractivity contribution in [1.29, 1.82) is 0 Å². The van der Waals surface area contributed by atoms with Crippen molar-refractivity contribution in [3.05, 3.63) is 53.3 Å². The number of rotatable bonds is 5. The molecular formula is C24H26ClF3N2O3S. The standard InChI is InChI=1S/C24H26ClF3N2O3S/c1-29(17-10-12-24(27,28)13-11-17)23(31)21-7-4-14-30(21)34(32,33)22-9-8-16(25)15-19(22)18-5-2-3-6-20(18)26/h2-3,5-6,8-9,15,17,21H,4,7,10-14H2,1H3/t21-/m0/s1. The minimum Gasteiger partial charge on any atom is -0.341 e. The first-order chi connectivity index (χ1) is 16.0. The highest BCUT2D eigenvalue weighted by atomic mass is 35.5. The Kier molecular flexibility index (Phi) is 6.99. The van der Waals surface area contributed by atoms with Crippen LogP contribution in [-0.2, 0) is 14.8 Å². The van der Waals surface area contributed by atoms with Crippen molar-refractivity contribution in [2.75, 3.05) is 13.6 Å². The highest BCUT2D eigenvalue weighted by Crippen LogP contribution is 2.38. The second-order valence-corrected chi connectivity index (χ2v) is 11.2. The van der Waals surface area contributed by atoms with Gasteiger partial charge in [0.2, 0.25) is 21.9 Å². The molecule has 2 fully saturated rings. The highest BCUT2D eigenvalue weighted by Gasteiger charge is 2.44. The molecular weight excluding hydrogens is 489 g/mol. The van der Waals surface area contributed by atoms with Gasteiger partial charge < -0.3 is 4.90 Å². The summed E-state index contributed by atoms with van der Waals surface area (Å²) < 4.78 is 70.3. The molecule has 5 nitrogen and oxygen atoms in total. The fraction of sp³-hybridized carbons (Fsp3) is 0.458. The van der Waals surface area contributed by atoms with E-state index in [1.54, 1.807) is 13.1 Å². The Balaban J connectivity index is 1.64. The molecule has 1 atom stereocenters. The van der Waals surface area contributed by atoms with E-state index in [-0.39, 0.29) is 59.3 Å². The van der Waals surface area contributed by atoms with Crippen LogP contribution in [0, 0.1) is 5.82 Å². The van der Waals surface area contributed by atoms with E-state index in [0.717, 1.165) is 4.31 Å². The molecule has 1 aliphatic carbocycles. The molecule has 1 saturated carbocycles. The SMILES string of the molecule is CN(C(=O)[C@@H]1CCCN1S(=O)(=O)c1ccc(Cl)cc1-c1ccccc1F)C1CCC(F)(F)CC1. The second kappa shape index (κ2) is 9.51. The van der Waals surface area contributed by atoms with Gasteiger partial charge in [-0.05, 0) is 49.9 Å². The number of nitrogens with zero attached hydrogens (tertiary/aromatic N) is 2. The van der Waals surface area contributed by atoms with Gasteiger partial charge in [0, 0.05) is 48.6 Å². The van der Waals surface area contributed by atoms with Gasteiger partial charge in [0.15, 0.2) is 0 Å². The lowest BCUT2D eigenvalue weighted by atomic mass is 9.91. The zero-order valence-electron chi connectivity index (χ0n) is 18.7. The van der Waals surface area contributed by atoms with Crippen molar-refractivity contribution in [1.82, 2.24) is 9.21 Å². The first kappa shape index (κ1) is 25.0. The van der Waals surface area contributed by atoms with Crippen molar-refractivity contribution >= 4 is 27.5 Å². The number of hydrogen-bond donors (Lipinski definition) is 0. The Hall–Kier alpha value is -2.10. The molecule has 0 N–H and O–H groups in total. The molecule has 0 spiro atoms. The molecule has 2 aromatic rings. The number of likely N-dealkylation sites (N-methyl/N-ethyl adjacent to an activating group) is 1. The highest BCUT2D eigenvalue weighted by molar-refractivity contribution is 7.89. The Morgan fingerprint density at radius 1 is 1.09 bits per heavy atom. The van der Waals surface area contributed by atoms with Gasteiger partial charge in [-0.2, -0.15) is 4.31 Å². The average molecular weight is 515 g/mol. The van der Waals surface area contributed by atoms with Crippen molar-refractivity contribution in [2.45, 2.75) is 61.4 Å². The van der Waals surface area contributed by atoms with E-state index in [4.69, 9.17) is 11.6 Å². The van der Waals surface area contributed by atoms with E-state index in [0.29, 0.717) is 12.8 Å². The third kappa shape index (κ3) is 4.83. The molecule has 1 amide bonds. The summed E-state index contributed by atoms with van der Waals surface area (Å²) in [6.45, 7) is 0.134. The van der Waals surface area contributed by atoms with Gasteiger partial charge in [-0.3, -0.25) is 4.79 Å². The number of alkyl halides is 2. The predicted molar refractivity (Wildman–Crippen MR) is 124 cm³/mol. The number of benzene rings is 2. The zero-order valence-corrected chi connectivity index (χ0v) is 20.3. The maximum atomic E-state index is 14.6. The van der Waals surface area contributed by atoms with Gasteiger partial charge in [-0.1, -0.05) is 29.8 Å². The maximum absolute atomic E-state index is 14.6. The van der Waals surface area contributed by atoms with E-state index in [2.05, 4.69) is 0 Å². The van der Waals surface area contributed by atoms with Crippen LogP contribution in [0.1, 0.15) is 38.5 Å². The number of carbonyl (C=O) groups excluding carboxylic acids is 1. The Bertz CT molecular complexity index is 1180. The lowest BCUT2D eigenvalue weighted by Crippen LogP contribution is -2.50. The summed E-state index contributed by atoms with van der Waals surface area (Å²) in [5.74, 6) is -3.72. The van der Waals surface area contributed by atoms with E-state index in [1.165, 1.54) is 41.3 Å². The fourth-order valence-electron chi connectivity index (χ4n) is 4.85. The summed E-state index contributed by atoms with van der Waals surface area (Å²) in [5.41, 5.74) is 0.206. The summed E-state index contributed by atoms with van der Waals surface area (Å²) in [6, 6.07) is 8.64. The van der Waals surface area contributed by atoms with Gasteiger partial charge >= 0.3 is 0 Å². The van der Waals surface area contributed by atoms with Crippen molar-refractivity contribution in [3.8, 4) is 11.1 Å². The first-order valence-electron chi connectivity index (χ1n) is 11.2. The average Bonchev–Trinajstić information content (AvgIpc) is 3.29. The molecule has 34 heavy (non-hydrogen) atoms. The van der Waals surface area contributed by atoms with Crippen molar-refractivity contribution in [3.63, 3.8) is 0 Å². The predicted octanol–water partition coefficient (Wildman–Crippen LogP) is 5.34. The number of amides is 1. The van der Waals surface area contributed by atoms with Crippen LogP contribution in [0.5, 0.6) is 0 Å². The molecule has 2 aromatic carbocycles. The summed E-state index contributed by atoms with van der Waals surface area (Å²) in [6.07, 6.45) is 0.562. The topological polar surface area (TPSA) is 57.7 Å². The third-order valence-corrected chi connectivity index (χ3v) is 8.96. The van der Waals surface area contributed by atoms with Crippen LogP contribution in [0.4, 0.5) is 13.2 Å². The quantitative estimate of drug-likeness (QED) is 0.541. The van der Waals surface area contributed by atoms with Gasteiger partial charge in [0.25, 0.3) is 0 Å².